The molecule has 3 N–H and O–H groups in total. The van der Waals surface area contributed by atoms with E-state index in [-0.39, 0.29) is 11.4 Å². The number of carbonyl (C=O) groups is 2. The zero-order chi connectivity index (χ0) is 20.7. The number of aliphatic hydroxyl groups excluding tert-OH is 1. The molecular formula is C22H33N3O3. The van der Waals surface area contributed by atoms with Crippen LogP contribution in [0.15, 0.2) is 35.6 Å². The number of nitrogens with zero attached hydrogens (tertiary/aromatic N) is 2. The summed E-state index contributed by atoms with van der Waals surface area (Å²) in [6.07, 6.45) is 3.76. The summed E-state index contributed by atoms with van der Waals surface area (Å²) in [5.41, 5.74) is 7.68. The van der Waals surface area contributed by atoms with Crippen LogP contribution in [0.1, 0.15) is 58.1 Å². The van der Waals surface area contributed by atoms with E-state index in [0.29, 0.717) is 13.1 Å². The van der Waals surface area contributed by atoms with Crippen LogP contribution >= 0.6 is 0 Å². The zero-order valence-corrected chi connectivity index (χ0v) is 17.3. The van der Waals surface area contributed by atoms with Crippen molar-refractivity contribution in [2.75, 3.05) is 31.1 Å². The molecule has 1 aromatic carbocycles. The average Bonchev–Trinajstić information content (AvgIpc) is 2.94. The van der Waals surface area contributed by atoms with Crippen molar-refractivity contribution in [3.8, 4) is 0 Å². The van der Waals surface area contributed by atoms with Gasteiger partial charge in [-0.2, -0.15) is 0 Å². The first-order chi connectivity index (χ1) is 13.5. The maximum absolute atomic E-state index is 12.6. The number of nitrogens with two attached hydrogens (primary N) is 1. The molecule has 0 fully saturated rings. The van der Waals surface area contributed by atoms with Crippen molar-refractivity contribution in [1.82, 2.24) is 4.90 Å². The van der Waals surface area contributed by atoms with Crippen molar-refractivity contribution in [3.05, 3.63) is 41.2 Å². The third-order valence-electron chi connectivity index (χ3n) is 5.37. The van der Waals surface area contributed by atoms with Gasteiger partial charge in [0.05, 0.1) is 11.6 Å². The Balaban J connectivity index is 2.26. The summed E-state index contributed by atoms with van der Waals surface area (Å²) >= 11 is 0. The van der Waals surface area contributed by atoms with Crippen LogP contribution in [0.2, 0.25) is 0 Å². The van der Waals surface area contributed by atoms with Gasteiger partial charge in [0.1, 0.15) is 0 Å². The Labute approximate surface area is 168 Å². The molecule has 0 aromatic heterocycles. The van der Waals surface area contributed by atoms with Crippen LogP contribution in [0, 0.1) is 0 Å². The minimum atomic E-state index is -0.523. The second-order valence-electron chi connectivity index (χ2n) is 7.19. The molecule has 0 spiro atoms. The highest BCUT2D eigenvalue weighted by Gasteiger charge is 2.41. The third-order valence-corrected chi connectivity index (χ3v) is 5.37. The van der Waals surface area contributed by atoms with E-state index < -0.39 is 17.7 Å². The molecule has 0 saturated carbocycles. The molecule has 6 nitrogen and oxygen atoms in total. The van der Waals surface area contributed by atoms with E-state index in [9.17, 15) is 14.7 Å². The van der Waals surface area contributed by atoms with Gasteiger partial charge < -0.3 is 20.6 Å². The number of aliphatic hydroxyl groups is 1. The number of anilines is 1. The van der Waals surface area contributed by atoms with Gasteiger partial charge in [-0.3, -0.25) is 9.59 Å². The Bertz CT molecular complexity index is 708. The van der Waals surface area contributed by atoms with E-state index >= 15 is 0 Å². The minimum absolute atomic E-state index is 0.197. The highest BCUT2D eigenvalue weighted by molar-refractivity contribution is 6.08. The number of unbranched alkanes of at least 4 members (excludes halogenated alkanes) is 3. The Kier molecular flexibility index (Phi) is 8.05. The topological polar surface area (TPSA) is 86.9 Å². The highest BCUT2D eigenvalue weighted by Crippen LogP contribution is 2.38. The van der Waals surface area contributed by atoms with Crippen LogP contribution in [-0.2, 0) is 9.59 Å². The van der Waals surface area contributed by atoms with E-state index in [4.69, 9.17) is 5.73 Å². The van der Waals surface area contributed by atoms with Crippen LogP contribution in [0.4, 0.5) is 5.69 Å². The van der Waals surface area contributed by atoms with Gasteiger partial charge in [0.25, 0.3) is 5.91 Å². The first-order valence-electron chi connectivity index (χ1n) is 10.3. The van der Waals surface area contributed by atoms with Crippen LogP contribution in [-0.4, -0.2) is 47.9 Å². The largest absolute Gasteiger partial charge is 0.503 e. The smallest absolute Gasteiger partial charge is 0.290 e. The quantitative estimate of drug-likeness (QED) is 0.569. The normalized spacial score (nSPS) is 16.8. The van der Waals surface area contributed by atoms with E-state index in [1.807, 2.05) is 24.3 Å². The maximum atomic E-state index is 12.6. The van der Waals surface area contributed by atoms with E-state index in [1.54, 1.807) is 4.90 Å². The Hall–Kier alpha value is -2.34. The molecule has 0 bridgehead atoms. The fraction of sp³-hybridized carbons (Fsp3) is 0.545. The average molecular weight is 388 g/mol. The van der Waals surface area contributed by atoms with E-state index in [0.717, 1.165) is 50.0 Å². The van der Waals surface area contributed by atoms with Crippen molar-refractivity contribution in [2.45, 2.75) is 52.5 Å². The summed E-state index contributed by atoms with van der Waals surface area (Å²) in [6.45, 7) is 8.61. The standard InChI is InChI=1S/C22H33N3O3/c1-4-24(5-2)18-12-10-17(11-13-18)20-19(16(3)26)21(27)22(28)25(20)15-9-7-6-8-14-23/h10-13,20,27H,4-9,14-15,23H2,1-3H3. The van der Waals surface area contributed by atoms with Gasteiger partial charge in [-0.15, -0.1) is 0 Å². The highest BCUT2D eigenvalue weighted by atomic mass is 16.3. The summed E-state index contributed by atoms with van der Waals surface area (Å²) in [5.74, 6) is -1.14. The van der Waals surface area contributed by atoms with Gasteiger partial charge >= 0.3 is 0 Å². The van der Waals surface area contributed by atoms with Crippen molar-refractivity contribution >= 4 is 17.4 Å². The first-order valence-corrected chi connectivity index (χ1v) is 10.3. The van der Waals surface area contributed by atoms with Crippen molar-refractivity contribution in [3.63, 3.8) is 0 Å². The van der Waals surface area contributed by atoms with E-state index in [1.165, 1.54) is 6.92 Å². The number of hydrogen-bond acceptors (Lipinski definition) is 5. The Morgan fingerprint density at radius 2 is 1.71 bits per heavy atom. The monoisotopic (exact) mass is 387 g/mol. The molecule has 2 rings (SSSR count). The van der Waals surface area contributed by atoms with Gasteiger partial charge in [-0.1, -0.05) is 25.0 Å². The predicted molar refractivity (Wildman–Crippen MR) is 112 cm³/mol. The fourth-order valence-electron chi connectivity index (χ4n) is 3.83. The SMILES string of the molecule is CCN(CC)c1ccc(C2C(C(C)=O)=C(O)C(=O)N2CCCCCCN)cc1. The number of rotatable bonds is 11. The second kappa shape index (κ2) is 10.3. The molecule has 0 aliphatic carbocycles. The van der Waals surface area contributed by atoms with Crippen molar-refractivity contribution in [2.24, 2.45) is 5.73 Å². The predicted octanol–water partition coefficient (Wildman–Crippen LogP) is 3.34. The van der Waals surface area contributed by atoms with Crippen LogP contribution in [0.25, 0.3) is 0 Å². The second-order valence-corrected chi connectivity index (χ2v) is 7.19. The van der Waals surface area contributed by atoms with Gasteiger partial charge in [0.15, 0.2) is 11.5 Å². The summed E-state index contributed by atoms with van der Waals surface area (Å²) in [7, 11) is 0. The molecule has 1 amide bonds. The number of amides is 1. The summed E-state index contributed by atoms with van der Waals surface area (Å²) in [6, 6.07) is 7.41. The number of benzene rings is 1. The molecule has 1 aromatic rings. The molecule has 1 unspecified atom stereocenters. The molecule has 6 heteroatoms. The lowest BCUT2D eigenvalue weighted by Crippen LogP contribution is -2.32. The van der Waals surface area contributed by atoms with Gasteiger partial charge in [0.2, 0.25) is 0 Å². The van der Waals surface area contributed by atoms with Crippen LogP contribution in [0.5, 0.6) is 0 Å². The lowest BCUT2D eigenvalue weighted by atomic mass is 9.96. The Morgan fingerprint density at radius 1 is 1.11 bits per heavy atom. The summed E-state index contributed by atoms with van der Waals surface area (Å²) in [5, 5.41) is 10.3. The molecule has 28 heavy (non-hydrogen) atoms. The van der Waals surface area contributed by atoms with Crippen LogP contribution in [0.3, 0.4) is 0 Å². The van der Waals surface area contributed by atoms with Crippen LogP contribution < -0.4 is 10.6 Å². The zero-order valence-electron chi connectivity index (χ0n) is 17.3. The molecule has 1 aliphatic rings. The third kappa shape index (κ3) is 4.73. The number of ketones is 1. The molecule has 0 radical (unpaired) electrons. The molecule has 0 saturated heterocycles. The van der Waals surface area contributed by atoms with Gasteiger partial charge in [-0.25, -0.2) is 0 Å². The number of Topliss-reactive ketones (excluding diaryl/α,β-unsaturated/α-hetero) is 1. The van der Waals surface area contributed by atoms with Crippen molar-refractivity contribution in [1.29, 1.82) is 0 Å². The molecular weight excluding hydrogens is 354 g/mol. The molecule has 1 heterocycles. The minimum Gasteiger partial charge on any atom is -0.503 e. The van der Waals surface area contributed by atoms with Gasteiger partial charge in [-0.05, 0) is 57.9 Å². The molecule has 1 aliphatic heterocycles. The fourth-order valence-corrected chi connectivity index (χ4v) is 3.83. The summed E-state index contributed by atoms with van der Waals surface area (Å²) < 4.78 is 0. The number of hydrogen-bond donors (Lipinski definition) is 2. The Morgan fingerprint density at radius 3 is 2.25 bits per heavy atom. The lowest BCUT2D eigenvalue weighted by Gasteiger charge is -2.27. The number of carbonyl (C=O) groups excluding carboxylic acids is 2. The summed E-state index contributed by atoms with van der Waals surface area (Å²) in [4.78, 5) is 28.7. The lowest BCUT2D eigenvalue weighted by molar-refractivity contribution is -0.129. The van der Waals surface area contributed by atoms with E-state index in [2.05, 4.69) is 18.7 Å². The van der Waals surface area contributed by atoms with Crippen molar-refractivity contribution < 1.29 is 14.7 Å². The molecule has 154 valence electrons. The molecule has 1 atom stereocenters. The first kappa shape index (κ1) is 22.0. The van der Waals surface area contributed by atoms with Gasteiger partial charge in [0, 0.05) is 25.3 Å². The maximum Gasteiger partial charge on any atom is 0.290 e.